The van der Waals surface area contributed by atoms with Crippen LogP contribution in [-0.2, 0) is 9.53 Å². The third-order valence-corrected chi connectivity index (χ3v) is 5.04. The molecule has 0 radical (unpaired) electrons. The summed E-state index contributed by atoms with van der Waals surface area (Å²) in [6.45, 7) is 4.53. The van der Waals surface area contributed by atoms with E-state index in [4.69, 9.17) is 4.74 Å². The summed E-state index contributed by atoms with van der Waals surface area (Å²) in [7, 11) is 0. The Morgan fingerprint density at radius 1 is 1.29 bits per heavy atom. The summed E-state index contributed by atoms with van der Waals surface area (Å²) in [5.74, 6) is -0.528. The normalized spacial score (nSPS) is 19.4. The molecule has 1 aliphatic rings. The Balaban J connectivity index is 2.05. The van der Waals surface area contributed by atoms with Crippen LogP contribution in [0.4, 0.5) is 5.69 Å². The van der Waals surface area contributed by atoms with Gasteiger partial charge in [-0.25, -0.2) is 4.79 Å². The highest BCUT2D eigenvalue weighted by Gasteiger charge is 2.21. The van der Waals surface area contributed by atoms with Crippen LogP contribution in [-0.4, -0.2) is 24.5 Å². The van der Waals surface area contributed by atoms with Gasteiger partial charge in [0.2, 0.25) is 0 Å². The lowest BCUT2D eigenvalue weighted by molar-refractivity contribution is -0.112. The first kappa shape index (κ1) is 21.5. The number of carbonyl (C=O) groups is 2. The first-order valence-electron chi connectivity index (χ1n) is 10.0. The Bertz CT molecular complexity index is 752. The van der Waals surface area contributed by atoms with Crippen LogP contribution in [0.5, 0.6) is 0 Å². The molecule has 0 aliphatic heterocycles. The number of unbranched alkanes of at least 4 members (excludes halogenated alkanes) is 1. The summed E-state index contributed by atoms with van der Waals surface area (Å²) in [4.78, 5) is 24.8. The minimum Gasteiger partial charge on any atom is -0.462 e. The molecule has 0 spiro atoms. The van der Waals surface area contributed by atoms with Gasteiger partial charge in [0, 0.05) is 12.2 Å². The number of hydrogen-bond donors (Lipinski definition) is 2. The van der Waals surface area contributed by atoms with Crippen molar-refractivity contribution >= 4 is 17.6 Å². The summed E-state index contributed by atoms with van der Waals surface area (Å²) in [5, 5.41) is 15.3. The van der Waals surface area contributed by atoms with Crippen molar-refractivity contribution in [2.45, 2.75) is 58.4 Å². The molecule has 0 saturated heterocycles. The van der Waals surface area contributed by atoms with E-state index in [0.717, 1.165) is 32.1 Å². The summed E-state index contributed by atoms with van der Waals surface area (Å²) in [5.41, 5.74) is 0.589. The highest BCUT2D eigenvalue weighted by molar-refractivity contribution is 6.09. The number of amides is 1. The van der Waals surface area contributed by atoms with E-state index < -0.39 is 11.9 Å². The molecule has 28 heavy (non-hydrogen) atoms. The van der Waals surface area contributed by atoms with Gasteiger partial charge >= 0.3 is 5.97 Å². The van der Waals surface area contributed by atoms with Gasteiger partial charge in [-0.15, -0.1) is 0 Å². The molecule has 2 rings (SSSR count). The minimum atomic E-state index is -0.549. The van der Waals surface area contributed by atoms with Crippen LogP contribution in [0, 0.1) is 17.2 Å². The van der Waals surface area contributed by atoms with Gasteiger partial charge in [-0.05, 0) is 37.3 Å². The van der Waals surface area contributed by atoms with Crippen molar-refractivity contribution in [1.29, 1.82) is 5.26 Å². The van der Waals surface area contributed by atoms with Crippen LogP contribution in [0.2, 0.25) is 0 Å². The molecule has 1 aromatic rings. The second-order valence-corrected chi connectivity index (χ2v) is 7.19. The minimum absolute atomic E-state index is 0.0214. The van der Waals surface area contributed by atoms with Crippen molar-refractivity contribution < 1.29 is 14.3 Å². The van der Waals surface area contributed by atoms with Crippen LogP contribution < -0.4 is 10.6 Å². The molecule has 6 nitrogen and oxygen atoms in total. The molecule has 1 fully saturated rings. The van der Waals surface area contributed by atoms with Gasteiger partial charge in [0.15, 0.2) is 0 Å². The molecule has 1 aliphatic carbocycles. The number of para-hydroxylation sites is 1. The van der Waals surface area contributed by atoms with Gasteiger partial charge in [0.25, 0.3) is 5.91 Å². The summed E-state index contributed by atoms with van der Waals surface area (Å²) in [6, 6.07) is 8.86. The van der Waals surface area contributed by atoms with Gasteiger partial charge in [0.1, 0.15) is 11.6 Å². The summed E-state index contributed by atoms with van der Waals surface area (Å²) in [6.07, 6.45) is 7.75. The zero-order chi connectivity index (χ0) is 20.4. The van der Waals surface area contributed by atoms with Gasteiger partial charge in [-0.2, -0.15) is 5.26 Å². The summed E-state index contributed by atoms with van der Waals surface area (Å²) < 4.78 is 5.23. The maximum absolute atomic E-state index is 12.5. The number of nitriles is 1. The van der Waals surface area contributed by atoms with Gasteiger partial charge in [-0.1, -0.05) is 45.2 Å². The fraction of sp³-hybridized carbons (Fsp3) is 0.500. The molecular weight excluding hydrogens is 354 g/mol. The summed E-state index contributed by atoms with van der Waals surface area (Å²) >= 11 is 0. The van der Waals surface area contributed by atoms with E-state index in [1.165, 1.54) is 12.6 Å². The van der Waals surface area contributed by atoms with Crippen LogP contribution in [0.1, 0.15) is 62.7 Å². The Kier molecular flexibility index (Phi) is 8.54. The molecule has 1 amide bonds. The number of anilines is 1. The molecule has 0 heterocycles. The third-order valence-electron chi connectivity index (χ3n) is 5.04. The fourth-order valence-electron chi connectivity index (χ4n) is 3.25. The van der Waals surface area contributed by atoms with Crippen molar-refractivity contribution in [3.8, 4) is 6.07 Å². The fourth-order valence-corrected chi connectivity index (χ4v) is 3.25. The molecule has 2 N–H and O–H groups in total. The lowest BCUT2D eigenvalue weighted by Crippen LogP contribution is -2.34. The highest BCUT2D eigenvalue weighted by atomic mass is 16.5. The van der Waals surface area contributed by atoms with Gasteiger partial charge < -0.3 is 15.4 Å². The lowest BCUT2D eigenvalue weighted by Gasteiger charge is -2.29. The zero-order valence-electron chi connectivity index (χ0n) is 16.7. The number of benzene rings is 1. The van der Waals surface area contributed by atoms with Gasteiger partial charge in [0.05, 0.1) is 17.9 Å². The Hall–Kier alpha value is -2.81. The second kappa shape index (κ2) is 11.1. The number of nitrogens with zero attached hydrogens (tertiary/aromatic N) is 1. The molecule has 2 unspecified atom stereocenters. The van der Waals surface area contributed by atoms with E-state index in [9.17, 15) is 14.9 Å². The van der Waals surface area contributed by atoms with Crippen molar-refractivity contribution in [3.05, 3.63) is 41.6 Å². The maximum atomic E-state index is 12.5. The first-order valence-corrected chi connectivity index (χ1v) is 10.0. The first-order chi connectivity index (χ1) is 13.6. The number of carbonyl (C=O) groups excluding carboxylic acids is 2. The van der Waals surface area contributed by atoms with Crippen LogP contribution >= 0.6 is 0 Å². The van der Waals surface area contributed by atoms with Crippen LogP contribution in [0.25, 0.3) is 0 Å². The zero-order valence-corrected chi connectivity index (χ0v) is 16.7. The second-order valence-electron chi connectivity index (χ2n) is 7.19. The molecule has 0 aromatic heterocycles. The van der Waals surface area contributed by atoms with E-state index in [1.54, 1.807) is 24.3 Å². The average Bonchev–Trinajstić information content (AvgIpc) is 2.70. The van der Waals surface area contributed by atoms with Crippen molar-refractivity contribution in [2.24, 2.45) is 5.92 Å². The van der Waals surface area contributed by atoms with E-state index in [0.29, 0.717) is 18.2 Å². The molecule has 6 heteroatoms. The number of esters is 1. The monoisotopic (exact) mass is 383 g/mol. The predicted octanol–water partition coefficient (Wildman–Crippen LogP) is 4.16. The molecular formula is C22H29N3O3. The van der Waals surface area contributed by atoms with E-state index >= 15 is 0 Å². The quantitative estimate of drug-likeness (QED) is 0.304. The predicted molar refractivity (Wildman–Crippen MR) is 109 cm³/mol. The SMILES string of the molecule is CCCCOC(=O)c1ccccc1NC(=O)/C(C#N)=C\NC1CCCCC1C. The number of nitrogens with one attached hydrogen (secondary N) is 2. The highest BCUT2D eigenvalue weighted by Crippen LogP contribution is 2.24. The van der Waals surface area contributed by atoms with E-state index in [-0.39, 0.29) is 17.2 Å². The molecule has 150 valence electrons. The third kappa shape index (κ3) is 6.12. The van der Waals surface area contributed by atoms with Crippen molar-refractivity contribution in [2.75, 3.05) is 11.9 Å². The Morgan fingerprint density at radius 2 is 2.04 bits per heavy atom. The maximum Gasteiger partial charge on any atom is 0.340 e. The van der Waals surface area contributed by atoms with Crippen molar-refractivity contribution in [3.63, 3.8) is 0 Å². The number of rotatable bonds is 8. The lowest BCUT2D eigenvalue weighted by atomic mass is 9.86. The topological polar surface area (TPSA) is 91.2 Å². The molecule has 1 saturated carbocycles. The Labute approximate surface area is 167 Å². The van der Waals surface area contributed by atoms with E-state index in [1.807, 2.05) is 13.0 Å². The Morgan fingerprint density at radius 3 is 2.75 bits per heavy atom. The number of hydrogen-bond acceptors (Lipinski definition) is 5. The molecule has 1 aromatic carbocycles. The standard InChI is InChI=1S/C22H29N3O3/c1-3-4-13-28-22(27)18-10-6-8-12-20(18)25-21(26)17(14-23)15-24-19-11-7-5-9-16(19)2/h6,8,10,12,15-16,19,24H,3-5,7,9,11,13H2,1-2H3,(H,25,26)/b17-15-. The molecule has 0 bridgehead atoms. The largest absolute Gasteiger partial charge is 0.462 e. The van der Waals surface area contributed by atoms with E-state index in [2.05, 4.69) is 17.6 Å². The van der Waals surface area contributed by atoms with Gasteiger partial charge in [-0.3, -0.25) is 4.79 Å². The van der Waals surface area contributed by atoms with Crippen LogP contribution in [0.15, 0.2) is 36.0 Å². The van der Waals surface area contributed by atoms with Crippen molar-refractivity contribution in [1.82, 2.24) is 5.32 Å². The smallest absolute Gasteiger partial charge is 0.340 e. The molecule has 2 atom stereocenters. The van der Waals surface area contributed by atoms with Crippen LogP contribution in [0.3, 0.4) is 0 Å². The average molecular weight is 383 g/mol. The number of ether oxygens (including phenoxy) is 1.